The number of nitrogens with one attached hydrogen (secondary N) is 2. The number of rotatable bonds is 4. The summed E-state index contributed by atoms with van der Waals surface area (Å²) < 4.78 is 13.0. The van der Waals surface area contributed by atoms with E-state index in [-0.39, 0.29) is 24.3 Å². The van der Waals surface area contributed by atoms with Gasteiger partial charge in [-0.15, -0.1) is 12.4 Å². The molecule has 120 valence electrons. The van der Waals surface area contributed by atoms with Gasteiger partial charge >= 0.3 is 0 Å². The van der Waals surface area contributed by atoms with E-state index in [9.17, 15) is 9.50 Å². The number of aliphatic hydroxyl groups excluding tert-OH is 1. The molecule has 3 N–H and O–H groups in total. The number of aromatic amines is 1. The van der Waals surface area contributed by atoms with Gasteiger partial charge in [-0.25, -0.2) is 4.39 Å². The summed E-state index contributed by atoms with van der Waals surface area (Å²) in [6.45, 7) is 0.726. The minimum absolute atomic E-state index is 0. The Hall–Kier alpha value is -1.43. The van der Waals surface area contributed by atoms with Gasteiger partial charge in [-0.1, -0.05) is 0 Å². The van der Waals surface area contributed by atoms with Gasteiger partial charge in [0, 0.05) is 23.7 Å². The molecule has 6 heteroatoms. The van der Waals surface area contributed by atoms with Crippen LogP contribution in [-0.4, -0.2) is 27.4 Å². The first kappa shape index (κ1) is 16.9. The zero-order valence-corrected chi connectivity index (χ0v) is 13.1. The number of halogens is 2. The minimum Gasteiger partial charge on any atom is -0.393 e. The van der Waals surface area contributed by atoms with E-state index in [1.54, 1.807) is 12.1 Å². The van der Waals surface area contributed by atoms with Crippen molar-refractivity contribution >= 4 is 12.4 Å². The average molecular weight is 326 g/mol. The van der Waals surface area contributed by atoms with E-state index in [2.05, 4.69) is 15.5 Å². The summed E-state index contributed by atoms with van der Waals surface area (Å²) >= 11 is 0. The standard InChI is InChI=1S/C16H20FN3O.ClH/c17-13-3-1-11(2-4-13)16-12(10-19-20-16)9-18-14-5-7-15(21)8-6-14;/h1-4,10,14-15,18,21H,5-9H2,(H,19,20);1H. The molecule has 0 spiro atoms. The van der Waals surface area contributed by atoms with Gasteiger partial charge in [0.1, 0.15) is 5.82 Å². The van der Waals surface area contributed by atoms with Crippen LogP contribution < -0.4 is 5.32 Å². The van der Waals surface area contributed by atoms with Crippen LogP contribution in [0.3, 0.4) is 0 Å². The highest BCUT2D eigenvalue weighted by Gasteiger charge is 2.19. The second-order valence-corrected chi connectivity index (χ2v) is 5.66. The van der Waals surface area contributed by atoms with E-state index < -0.39 is 0 Å². The van der Waals surface area contributed by atoms with Crippen molar-refractivity contribution in [2.45, 2.75) is 44.4 Å². The zero-order valence-electron chi connectivity index (χ0n) is 12.3. The van der Waals surface area contributed by atoms with Crippen LogP contribution in [0.5, 0.6) is 0 Å². The third-order valence-corrected chi connectivity index (χ3v) is 4.13. The van der Waals surface area contributed by atoms with E-state index >= 15 is 0 Å². The number of aliphatic hydroxyl groups is 1. The smallest absolute Gasteiger partial charge is 0.123 e. The van der Waals surface area contributed by atoms with Gasteiger partial charge in [0.15, 0.2) is 0 Å². The first-order valence-electron chi connectivity index (χ1n) is 7.42. The number of benzene rings is 1. The van der Waals surface area contributed by atoms with Crippen molar-refractivity contribution in [3.05, 3.63) is 41.8 Å². The summed E-state index contributed by atoms with van der Waals surface area (Å²) in [5, 5.41) is 20.1. The highest BCUT2D eigenvalue weighted by Crippen LogP contribution is 2.23. The number of nitrogens with zero attached hydrogens (tertiary/aromatic N) is 1. The van der Waals surface area contributed by atoms with E-state index in [4.69, 9.17) is 0 Å². The zero-order chi connectivity index (χ0) is 14.7. The van der Waals surface area contributed by atoms with Crippen molar-refractivity contribution in [3.63, 3.8) is 0 Å². The normalized spacial score (nSPS) is 21.4. The van der Waals surface area contributed by atoms with Crippen LogP contribution in [0.25, 0.3) is 11.3 Å². The van der Waals surface area contributed by atoms with E-state index in [0.29, 0.717) is 6.04 Å². The summed E-state index contributed by atoms with van der Waals surface area (Å²) in [7, 11) is 0. The molecule has 1 fully saturated rings. The Morgan fingerprint density at radius 2 is 1.86 bits per heavy atom. The Morgan fingerprint density at radius 1 is 1.18 bits per heavy atom. The second-order valence-electron chi connectivity index (χ2n) is 5.66. The van der Waals surface area contributed by atoms with Crippen LogP contribution >= 0.6 is 12.4 Å². The van der Waals surface area contributed by atoms with Crippen molar-refractivity contribution in [2.75, 3.05) is 0 Å². The molecule has 1 aliphatic rings. The fourth-order valence-corrected chi connectivity index (χ4v) is 2.85. The topological polar surface area (TPSA) is 60.9 Å². The summed E-state index contributed by atoms with van der Waals surface area (Å²) in [6, 6.07) is 6.86. The largest absolute Gasteiger partial charge is 0.393 e. The summed E-state index contributed by atoms with van der Waals surface area (Å²) in [5.41, 5.74) is 2.94. The lowest BCUT2D eigenvalue weighted by Gasteiger charge is -2.26. The van der Waals surface area contributed by atoms with Gasteiger partial charge < -0.3 is 10.4 Å². The van der Waals surface area contributed by atoms with Crippen molar-refractivity contribution in [3.8, 4) is 11.3 Å². The van der Waals surface area contributed by atoms with Crippen LogP contribution in [0.15, 0.2) is 30.5 Å². The lowest BCUT2D eigenvalue weighted by molar-refractivity contribution is 0.116. The Kier molecular flexibility index (Phi) is 5.94. The molecule has 0 aliphatic heterocycles. The first-order valence-corrected chi connectivity index (χ1v) is 7.42. The molecule has 1 heterocycles. The van der Waals surface area contributed by atoms with E-state index in [0.717, 1.165) is 49.0 Å². The molecule has 1 saturated carbocycles. The average Bonchev–Trinajstić information content (AvgIpc) is 2.96. The predicted octanol–water partition coefficient (Wildman–Crippen LogP) is 3.03. The van der Waals surface area contributed by atoms with E-state index in [1.807, 2.05) is 6.20 Å². The molecule has 1 aliphatic carbocycles. The molecule has 1 aromatic carbocycles. The van der Waals surface area contributed by atoms with Crippen molar-refractivity contribution in [2.24, 2.45) is 0 Å². The number of aromatic nitrogens is 2. The Balaban J connectivity index is 0.00000176. The highest BCUT2D eigenvalue weighted by molar-refractivity contribution is 5.85. The fraction of sp³-hybridized carbons (Fsp3) is 0.438. The summed E-state index contributed by atoms with van der Waals surface area (Å²) in [6.07, 6.45) is 5.42. The van der Waals surface area contributed by atoms with Crippen LogP contribution in [0, 0.1) is 5.82 Å². The van der Waals surface area contributed by atoms with Crippen molar-refractivity contribution < 1.29 is 9.50 Å². The molecule has 4 nitrogen and oxygen atoms in total. The maximum Gasteiger partial charge on any atom is 0.123 e. The molecule has 0 unspecified atom stereocenters. The molecule has 22 heavy (non-hydrogen) atoms. The molecule has 0 bridgehead atoms. The predicted molar refractivity (Wildman–Crippen MR) is 86.3 cm³/mol. The van der Waals surface area contributed by atoms with Crippen LogP contribution in [0.2, 0.25) is 0 Å². The third kappa shape index (κ3) is 4.06. The van der Waals surface area contributed by atoms with E-state index in [1.165, 1.54) is 12.1 Å². The first-order chi connectivity index (χ1) is 10.2. The molecular weight excluding hydrogens is 305 g/mol. The number of hydrogen-bond acceptors (Lipinski definition) is 3. The van der Waals surface area contributed by atoms with Crippen molar-refractivity contribution in [1.82, 2.24) is 15.5 Å². The highest BCUT2D eigenvalue weighted by atomic mass is 35.5. The molecular formula is C16H21ClFN3O. The molecule has 0 atom stereocenters. The molecule has 2 aromatic rings. The molecule has 3 rings (SSSR count). The second kappa shape index (κ2) is 7.72. The Labute approximate surface area is 135 Å². The van der Waals surface area contributed by atoms with Gasteiger partial charge in [-0.2, -0.15) is 5.10 Å². The van der Waals surface area contributed by atoms with Gasteiger partial charge in [0.25, 0.3) is 0 Å². The lowest BCUT2D eigenvalue weighted by atomic mass is 9.93. The maximum atomic E-state index is 13.0. The Morgan fingerprint density at radius 3 is 2.55 bits per heavy atom. The fourth-order valence-electron chi connectivity index (χ4n) is 2.85. The van der Waals surface area contributed by atoms with Crippen molar-refractivity contribution in [1.29, 1.82) is 0 Å². The SMILES string of the molecule is Cl.OC1CCC(NCc2cn[nH]c2-c2ccc(F)cc2)CC1. The van der Waals surface area contributed by atoms with Gasteiger partial charge in [0.05, 0.1) is 18.0 Å². The molecule has 0 radical (unpaired) electrons. The molecule has 0 amide bonds. The third-order valence-electron chi connectivity index (χ3n) is 4.13. The van der Waals surface area contributed by atoms with Crippen LogP contribution in [0.1, 0.15) is 31.2 Å². The molecule has 0 saturated heterocycles. The maximum absolute atomic E-state index is 13.0. The van der Waals surface area contributed by atoms with Gasteiger partial charge in [-0.05, 0) is 49.9 Å². The quantitative estimate of drug-likeness (QED) is 0.809. The number of hydrogen-bond donors (Lipinski definition) is 3. The van der Waals surface area contributed by atoms with Gasteiger partial charge in [-0.3, -0.25) is 5.10 Å². The van der Waals surface area contributed by atoms with Gasteiger partial charge in [0.2, 0.25) is 0 Å². The Bertz CT molecular complexity index is 579. The summed E-state index contributed by atoms with van der Waals surface area (Å²) in [4.78, 5) is 0. The summed E-state index contributed by atoms with van der Waals surface area (Å²) in [5.74, 6) is -0.237. The minimum atomic E-state index is -0.237. The van der Waals surface area contributed by atoms with Crippen LogP contribution in [0.4, 0.5) is 4.39 Å². The lowest BCUT2D eigenvalue weighted by Crippen LogP contribution is -2.34. The van der Waals surface area contributed by atoms with Crippen LogP contribution in [-0.2, 0) is 6.54 Å². The monoisotopic (exact) mass is 325 g/mol. The number of H-pyrrole nitrogens is 1. The molecule has 1 aromatic heterocycles.